The van der Waals surface area contributed by atoms with Crippen molar-refractivity contribution in [3.63, 3.8) is 0 Å². The molecule has 1 aliphatic carbocycles. The molecule has 152 valence electrons. The molecule has 0 bridgehead atoms. The summed E-state index contributed by atoms with van der Waals surface area (Å²) in [4.78, 5) is 6.39. The Morgan fingerprint density at radius 1 is 1.44 bits per heavy atom. The summed E-state index contributed by atoms with van der Waals surface area (Å²) in [5.41, 5.74) is 1.03. The van der Waals surface area contributed by atoms with Crippen molar-refractivity contribution in [1.82, 2.24) is 24.7 Å². The van der Waals surface area contributed by atoms with E-state index in [2.05, 4.69) is 25.0 Å². The van der Waals surface area contributed by atoms with Crippen molar-refractivity contribution in [2.75, 3.05) is 45.6 Å². The Hall–Kier alpha value is -1.65. The highest BCUT2D eigenvalue weighted by Gasteiger charge is 2.25. The summed E-state index contributed by atoms with van der Waals surface area (Å²) < 4.78 is 34.6. The van der Waals surface area contributed by atoms with Crippen LogP contribution < -0.4 is 10.0 Å². The second-order valence-corrected chi connectivity index (χ2v) is 9.12. The lowest BCUT2D eigenvalue weighted by atomic mass is 9.86. The van der Waals surface area contributed by atoms with Gasteiger partial charge in [0.15, 0.2) is 5.96 Å². The van der Waals surface area contributed by atoms with Crippen molar-refractivity contribution in [1.29, 1.82) is 0 Å². The molecule has 1 aliphatic heterocycles. The standard InChI is InChI=1S/C17H30N6O3S/c1-18-17(19-6-9-27(24,25)21-10-14-4-3-5-14)23-7-8-26-16(13-23)15-11-20-22(2)12-15/h11-12,14,16,21H,3-10,13H2,1-2H3,(H,18,19). The van der Waals surface area contributed by atoms with Gasteiger partial charge in [-0.25, -0.2) is 13.1 Å². The third-order valence-corrected chi connectivity index (χ3v) is 6.49. The van der Waals surface area contributed by atoms with E-state index >= 15 is 0 Å². The Morgan fingerprint density at radius 2 is 2.26 bits per heavy atom. The minimum atomic E-state index is -3.26. The summed E-state index contributed by atoms with van der Waals surface area (Å²) in [5, 5.41) is 7.37. The maximum absolute atomic E-state index is 12.1. The number of guanidine groups is 1. The fourth-order valence-corrected chi connectivity index (χ4v) is 4.30. The molecule has 2 heterocycles. The molecule has 1 aromatic rings. The van der Waals surface area contributed by atoms with E-state index in [4.69, 9.17) is 4.74 Å². The predicted octanol–water partition coefficient (Wildman–Crippen LogP) is 0.0883. The van der Waals surface area contributed by atoms with Crippen molar-refractivity contribution in [3.8, 4) is 0 Å². The van der Waals surface area contributed by atoms with Gasteiger partial charge in [0, 0.05) is 45.5 Å². The average Bonchev–Trinajstić information content (AvgIpc) is 3.04. The molecule has 0 radical (unpaired) electrons. The van der Waals surface area contributed by atoms with Gasteiger partial charge in [-0.05, 0) is 18.8 Å². The Bertz CT molecular complexity index is 744. The van der Waals surface area contributed by atoms with E-state index in [0.717, 1.165) is 18.4 Å². The highest BCUT2D eigenvalue weighted by Crippen LogP contribution is 2.25. The molecule has 0 spiro atoms. The van der Waals surface area contributed by atoms with Gasteiger partial charge >= 0.3 is 0 Å². The highest BCUT2D eigenvalue weighted by atomic mass is 32.2. The van der Waals surface area contributed by atoms with Crippen molar-refractivity contribution in [3.05, 3.63) is 18.0 Å². The number of hydrogen-bond acceptors (Lipinski definition) is 5. The Kier molecular flexibility index (Phi) is 6.72. The molecular formula is C17H30N6O3S. The highest BCUT2D eigenvalue weighted by molar-refractivity contribution is 7.89. The van der Waals surface area contributed by atoms with Crippen LogP contribution in [0.2, 0.25) is 0 Å². The van der Waals surface area contributed by atoms with Gasteiger partial charge in [0.2, 0.25) is 10.0 Å². The number of aryl methyl sites for hydroxylation is 1. The molecule has 1 saturated carbocycles. The van der Waals surface area contributed by atoms with Gasteiger partial charge in [-0.15, -0.1) is 0 Å². The average molecular weight is 399 g/mol. The molecule has 1 unspecified atom stereocenters. The van der Waals surface area contributed by atoms with Crippen LogP contribution in [0.3, 0.4) is 0 Å². The SMILES string of the molecule is CN=C(NCCS(=O)(=O)NCC1CCC1)N1CCOC(c2cnn(C)c2)C1. The molecule has 1 saturated heterocycles. The second-order valence-electron chi connectivity index (χ2n) is 7.19. The van der Waals surface area contributed by atoms with Crippen molar-refractivity contribution in [2.45, 2.75) is 25.4 Å². The van der Waals surface area contributed by atoms with Crippen LogP contribution in [-0.2, 0) is 21.8 Å². The van der Waals surface area contributed by atoms with Gasteiger partial charge in [-0.1, -0.05) is 6.42 Å². The van der Waals surface area contributed by atoms with E-state index in [1.165, 1.54) is 6.42 Å². The summed E-state index contributed by atoms with van der Waals surface area (Å²) in [5.74, 6) is 1.24. The van der Waals surface area contributed by atoms with Crippen LogP contribution in [0, 0.1) is 5.92 Å². The summed E-state index contributed by atoms with van der Waals surface area (Å²) in [6.45, 7) is 2.83. The molecule has 1 aromatic heterocycles. The second kappa shape index (κ2) is 9.03. The van der Waals surface area contributed by atoms with Crippen LogP contribution in [0.1, 0.15) is 30.9 Å². The molecular weight excluding hydrogens is 368 g/mol. The number of rotatable bonds is 7. The maximum atomic E-state index is 12.1. The maximum Gasteiger partial charge on any atom is 0.213 e. The zero-order chi connectivity index (χ0) is 19.3. The van der Waals surface area contributed by atoms with Crippen molar-refractivity contribution >= 4 is 16.0 Å². The van der Waals surface area contributed by atoms with Crippen LogP contribution in [-0.4, -0.2) is 74.6 Å². The first-order valence-corrected chi connectivity index (χ1v) is 11.1. The van der Waals surface area contributed by atoms with Gasteiger partial charge in [0.05, 0.1) is 25.1 Å². The van der Waals surface area contributed by atoms with Crippen LogP contribution in [0.4, 0.5) is 0 Å². The molecule has 2 fully saturated rings. The number of nitrogens with one attached hydrogen (secondary N) is 2. The lowest BCUT2D eigenvalue weighted by Crippen LogP contribution is -2.49. The lowest BCUT2D eigenvalue weighted by molar-refractivity contribution is -0.00798. The number of aromatic nitrogens is 2. The van der Waals surface area contributed by atoms with Gasteiger partial charge in [-0.2, -0.15) is 5.10 Å². The largest absolute Gasteiger partial charge is 0.370 e. The van der Waals surface area contributed by atoms with E-state index in [1.807, 2.05) is 19.4 Å². The van der Waals surface area contributed by atoms with Crippen LogP contribution in [0.25, 0.3) is 0 Å². The van der Waals surface area contributed by atoms with E-state index in [1.54, 1.807) is 11.7 Å². The smallest absolute Gasteiger partial charge is 0.213 e. The van der Waals surface area contributed by atoms with Gasteiger partial charge in [0.25, 0.3) is 0 Å². The molecule has 3 rings (SSSR count). The van der Waals surface area contributed by atoms with E-state index < -0.39 is 10.0 Å². The summed E-state index contributed by atoms with van der Waals surface area (Å²) in [6, 6.07) is 0. The zero-order valence-corrected chi connectivity index (χ0v) is 16.9. The van der Waals surface area contributed by atoms with Crippen molar-refractivity contribution in [2.24, 2.45) is 18.0 Å². The molecule has 0 aromatic carbocycles. The van der Waals surface area contributed by atoms with E-state index in [0.29, 0.717) is 44.7 Å². The van der Waals surface area contributed by atoms with E-state index in [-0.39, 0.29) is 11.9 Å². The van der Waals surface area contributed by atoms with Gasteiger partial charge < -0.3 is 15.0 Å². The topological polar surface area (TPSA) is 101 Å². The molecule has 9 nitrogen and oxygen atoms in total. The Labute approximate surface area is 161 Å². The lowest BCUT2D eigenvalue weighted by Gasteiger charge is -2.34. The van der Waals surface area contributed by atoms with Crippen LogP contribution in [0.15, 0.2) is 17.4 Å². The monoisotopic (exact) mass is 398 g/mol. The summed E-state index contributed by atoms with van der Waals surface area (Å²) in [7, 11) is 0.327. The van der Waals surface area contributed by atoms with Crippen LogP contribution >= 0.6 is 0 Å². The zero-order valence-electron chi connectivity index (χ0n) is 16.1. The molecule has 27 heavy (non-hydrogen) atoms. The quantitative estimate of drug-likeness (QED) is 0.499. The number of nitrogens with zero attached hydrogens (tertiary/aromatic N) is 4. The molecule has 10 heteroatoms. The predicted molar refractivity (Wildman–Crippen MR) is 104 cm³/mol. The number of hydrogen-bond donors (Lipinski definition) is 2. The molecule has 1 atom stereocenters. The normalized spacial score (nSPS) is 21.9. The first kappa shape index (κ1) is 20.1. The third kappa shape index (κ3) is 5.66. The Balaban J connectivity index is 1.46. The Morgan fingerprint density at radius 3 is 2.89 bits per heavy atom. The minimum absolute atomic E-state index is 0.0368. The van der Waals surface area contributed by atoms with Gasteiger partial charge in [-0.3, -0.25) is 9.67 Å². The molecule has 0 amide bonds. The summed E-state index contributed by atoms with van der Waals surface area (Å²) >= 11 is 0. The number of morpholine rings is 1. The molecule has 2 N–H and O–H groups in total. The first-order chi connectivity index (χ1) is 13.0. The number of sulfonamides is 1. The van der Waals surface area contributed by atoms with Gasteiger partial charge in [0.1, 0.15) is 6.10 Å². The third-order valence-electron chi connectivity index (χ3n) is 5.14. The van der Waals surface area contributed by atoms with Crippen molar-refractivity contribution < 1.29 is 13.2 Å². The number of ether oxygens (including phenoxy) is 1. The minimum Gasteiger partial charge on any atom is -0.370 e. The fraction of sp³-hybridized carbons (Fsp3) is 0.765. The molecule has 2 aliphatic rings. The van der Waals surface area contributed by atoms with E-state index in [9.17, 15) is 8.42 Å². The summed E-state index contributed by atoms with van der Waals surface area (Å²) in [6.07, 6.45) is 7.16. The van der Waals surface area contributed by atoms with Crippen LogP contribution in [0.5, 0.6) is 0 Å². The number of aliphatic imine (C=N–C) groups is 1. The first-order valence-electron chi connectivity index (χ1n) is 9.50. The fourth-order valence-electron chi connectivity index (χ4n) is 3.29.